The fourth-order valence-electron chi connectivity index (χ4n) is 3.24. The summed E-state index contributed by atoms with van der Waals surface area (Å²) in [6.45, 7) is 2.32. The summed E-state index contributed by atoms with van der Waals surface area (Å²) in [7, 11) is 0. The number of benzene rings is 1. The summed E-state index contributed by atoms with van der Waals surface area (Å²) in [5.41, 5.74) is 6.18. The Morgan fingerprint density at radius 1 is 1.29 bits per heavy atom. The van der Waals surface area contributed by atoms with Crippen molar-refractivity contribution in [2.24, 2.45) is 11.7 Å². The summed E-state index contributed by atoms with van der Waals surface area (Å²) in [6.07, 6.45) is 1.46. The van der Waals surface area contributed by atoms with Crippen molar-refractivity contribution in [1.82, 2.24) is 4.90 Å². The Balaban J connectivity index is 1.76. The van der Waals surface area contributed by atoms with Gasteiger partial charge in [0, 0.05) is 17.5 Å². The molecule has 7 heteroatoms. The standard InChI is InChI=1S/C17H21N3O3S/c1-11-6-7-12(17(18)23)8-19(11)15(21)9-20-13-4-2-3-5-14(13)24-10-16(20)22/h2-5,11-12H,6-10H2,1H3,(H2,18,23)/t11-,12-/m0/s1. The minimum Gasteiger partial charge on any atom is -0.369 e. The van der Waals surface area contributed by atoms with Gasteiger partial charge >= 0.3 is 0 Å². The van der Waals surface area contributed by atoms with Gasteiger partial charge in [-0.2, -0.15) is 0 Å². The van der Waals surface area contributed by atoms with Crippen LogP contribution in [0.4, 0.5) is 5.69 Å². The molecule has 0 aromatic heterocycles. The van der Waals surface area contributed by atoms with Crippen molar-refractivity contribution in [2.75, 3.05) is 23.7 Å². The van der Waals surface area contributed by atoms with Crippen molar-refractivity contribution in [1.29, 1.82) is 0 Å². The van der Waals surface area contributed by atoms with Crippen LogP contribution in [0.25, 0.3) is 0 Å². The molecule has 2 aliphatic rings. The molecule has 0 saturated carbocycles. The number of carbonyl (C=O) groups is 3. The van der Waals surface area contributed by atoms with Crippen molar-refractivity contribution in [3.63, 3.8) is 0 Å². The molecule has 128 valence electrons. The van der Waals surface area contributed by atoms with E-state index >= 15 is 0 Å². The van der Waals surface area contributed by atoms with Gasteiger partial charge in [0.05, 0.1) is 17.4 Å². The smallest absolute Gasteiger partial charge is 0.242 e. The Hall–Kier alpha value is -2.02. The van der Waals surface area contributed by atoms with Gasteiger partial charge in [-0.15, -0.1) is 11.8 Å². The molecular formula is C17H21N3O3S. The Bertz CT molecular complexity index is 679. The molecule has 0 unspecified atom stereocenters. The van der Waals surface area contributed by atoms with E-state index in [1.165, 1.54) is 11.8 Å². The number of piperidine rings is 1. The summed E-state index contributed by atoms with van der Waals surface area (Å²) in [4.78, 5) is 40.8. The maximum absolute atomic E-state index is 12.8. The Morgan fingerprint density at radius 3 is 2.79 bits per heavy atom. The summed E-state index contributed by atoms with van der Waals surface area (Å²) >= 11 is 1.49. The van der Waals surface area contributed by atoms with E-state index < -0.39 is 0 Å². The average Bonchev–Trinajstić information content (AvgIpc) is 2.57. The first-order chi connectivity index (χ1) is 11.5. The SMILES string of the molecule is C[C@H]1CC[C@H](C(N)=O)CN1C(=O)CN1C(=O)CSc2ccccc21. The summed E-state index contributed by atoms with van der Waals surface area (Å²) in [6, 6.07) is 7.65. The predicted molar refractivity (Wildman–Crippen MR) is 92.6 cm³/mol. The first-order valence-electron chi connectivity index (χ1n) is 8.08. The van der Waals surface area contributed by atoms with E-state index in [0.717, 1.165) is 17.0 Å². The number of primary amides is 1. The van der Waals surface area contributed by atoms with Crippen LogP contribution in [-0.4, -0.2) is 47.5 Å². The van der Waals surface area contributed by atoms with Gasteiger partial charge in [0.15, 0.2) is 0 Å². The van der Waals surface area contributed by atoms with Crippen molar-refractivity contribution < 1.29 is 14.4 Å². The summed E-state index contributed by atoms with van der Waals surface area (Å²) in [5.74, 6) is -0.531. The highest BCUT2D eigenvalue weighted by molar-refractivity contribution is 8.00. The van der Waals surface area contributed by atoms with E-state index in [-0.39, 0.29) is 36.2 Å². The number of nitrogens with zero attached hydrogens (tertiary/aromatic N) is 2. The van der Waals surface area contributed by atoms with E-state index in [4.69, 9.17) is 5.73 Å². The van der Waals surface area contributed by atoms with Gasteiger partial charge in [-0.3, -0.25) is 14.4 Å². The highest BCUT2D eigenvalue weighted by Crippen LogP contribution is 2.35. The largest absolute Gasteiger partial charge is 0.369 e. The van der Waals surface area contributed by atoms with Crippen LogP contribution in [0.3, 0.4) is 0 Å². The molecule has 1 saturated heterocycles. The predicted octanol–water partition coefficient (Wildman–Crippen LogP) is 1.24. The molecule has 6 nitrogen and oxygen atoms in total. The van der Waals surface area contributed by atoms with Gasteiger partial charge in [0.25, 0.3) is 0 Å². The van der Waals surface area contributed by atoms with E-state index in [1.54, 1.807) is 9.80 Å². The molecule has 2 heterocycles. The molecule has 0 aliphatic carbocycles. The molecule has 24 heavy (non-hydrogen) atoms. The zero-order valence-electron chi connectivity index (χ0n) is 13.6. The molecular weight excluding hydrogens is 326 g/mol. The second-order valence-electron chi connectivity index (χ2n) is 6.31. The van der Waals surface area contributed by atoms with Crippen molar-refractivity contribution in [3.05, 3.63) is 24.3 Å². The van der Waals surface area contributed by atoms with Crippen molar-refractivity contribution in [2.45, 2.75) is 30.7 Å². The van der Waals surface area contributed by atoms with Gasteiger partial charge in [0.1, 0.15) is 6.54 Å². The van der Waals surface area contributed by atoms with Gasteiger partial charge in [-0.05, 0) is 31.9 Å². The lowest BCUT2D eigenvalue weighted by molar-refractivity contribution is -0.137. The zero-order valence-corrected chi connectivity index (χ0v) is 14.4. The topological polar surface area (TPSA) is 83.7 Å². The fourth-order valence-corrected chi connectivity index (χ4v) is 4.18. The quantitative estimate of drug-likeness (QED) is 0.892. The maximum Gasteiger partial charge on any atom is 0.242 e. The number of rotatable bonds is 3. The van der Waals surface area contributed by atoms with Crippen LogP contribution < -0.4 is 10.6 Å². The van der Waals surface area contributed by atoms with E-state index in [0.29, 0.717) is 18.7 Å². The molecule has 3 amide bonds. The lowest BCUT2D eigenvalue weighted by Gasteiger charge is -2.38. The number of likely N-dealkylation sites (tertiary alicyclic amines) is 1. The van der Waals surface area contributed by atoms with E-state index in [9.17, 15) is 14.4 Å². The van der Waals surface area contributed by atoms with Crippen LogP contribution in [0, 0.1) is 5.92 Å². The maximum atomic E-state index is 12.8. The molecule has 1 aromatic rings. The number of fused-ring (bicyclic) bond motifs is 1. The average molecular weight is 347 g/mol. The van der Waals surface area contributed by atoms with Crippen LogP contribution in [0.5, 0.6) is 0 Å². The molecule has 2 aliphatic heterocycles. The minimum absolute atomic E-state index is 0.00618. The van der Waals surface area contributed by atoms with Crippen LogP contribution in [0.2, 0.25) is 0 Å². The second-order valence-corrected chi connectivity index (χ2v) is 7.33. The number of nitrogens with two attached hydrogens (primary N) is 1. The molecule has 1 aromatic carbocycles. The Labute approximate surface area is 145 Å². The number of hydrogen-bond donors (Lipinski definition) is 1. The number of amides is 3. The molecule has 1 fully saturated rings. The molecule has 0 spiro atoms. The van der Waals surface area contributed by atoms with Crippen LogP contribution in [-0.2, 0) is 14.4 Å². The second kappa shape index (κ2) is 6.84. The third-order valence-electron chi connectivity index (χ3n) is 4.71. The van der Waals surface area contributed by atoms with Gasteiger partial charge in [-0.25, -0.2) is 0 Å². The number of carbonyl (C=O) groups excluding carboxylic acids is 3. The molecule has 3 rings (SSSR count). The van der Waals surface area contributed by atoms with Crippen LogP contribution >= 0.6 is 11.8 Å². The molecule has 0 radical (unpaired) electrons. The number of anilines is 1. The lowest BCUT2D eigenvalue weighted by Crippen LogP contribution is -2.52. The number of hydrogen-bond acceptors (Lipinski definition) is 4. The highest BCUT2D eigenvalue weighted by Gasteiger charge is 2.34. The van der Waals surface area contributed by atoms with E-state index in [2.05, 4.69) is 0 Å². The third-order valence-corrected chi connectivity index (χ3v) is 5.75. The van der Waals surface area contributed by atoms with Crippen LogP contribution in [0.1, 0.15) is 19.8 Å². The third kappa shape index (κ3) is 3.26. The van der Waals surface area contributed by atoms with Gasteiger partial charge in [0.2, 0.25) is 17.7 Å². The lowest BCUT2D eigenvalue weighted by atomic mass is 9.93. The molecule has 2 atom stereocenters. The minimum atomic E-state index is -0.365. The fraction of sp³-hybridized carbons (Fsp3) is 0.471. The summed E-state index contributed by atoms with van der Waals surface area (Å²) in [5, 5.41) is 0. The first-order valence-corrected chi connectivity index (χ1v) is 9.07. The number of thioether (sulfide) groups is 1. The monoisotopic (exact) mass is 347 g/mol. The number of para-hydroxylation sites is 1. The van der Waals surface area contributed by atoms with Gasteiger partial charge < -0.3 is 15.5 Å². The van der Waals surface area contributed by atoms with Crippen LogP contribution in [0.15, 0.2) is 29.2 Å². The zero-order chi connectivity index (χ0) is 17.3. The Kier molecular flexibility index (Phi) is 4.80. The highest BCUT2D eigenvalue weighted by atomic mass is 32.2. The molecule has 2 N–H and O–H groups in total. The Morgan fingerprint density at radius 2 is 2.04 bits per heavy atom. The van der Waals surface area contributed by atoms with Gasteiger partial charge in [-0.1, -0.05) is 12.1 Å². The summed E-state index contributed by atoms with van der Waals surface area (Å²) < 4.78 is 0. The van der Waals surface area contributed by atoms with Crippen molar-refractivity contribution >= 4 is 35.2 Å². The normalized spacial score (nSPS) is 23.8. The molecule has 0 bridgehead atoms. The van der Waals surface area contributed by atoms with Crippen molar-refractivity contribution in [3.8, 4) is 0 Å². The first kappa shape index (κ1) is 16.8. The van der Waals surface area contributed by atoms with E-state index in [1.807, 2.05) is 31.2 Å².